The molecule has 0 aliphatic carbocycles. The maximum absolute atomic E-state index is 12.4. The van der Waals surface area contributed by atoms with Crippen LogP contribution in [0.4, 0.5) is 0 Å². The van der Waals surface area contributed by atoms with E-state index in [1.807, 2.05) is 6.92 Å². The summed E-state index contributed by atoms with van der Waals surface area (Å²) in [6, 6.07) is 2.99. The first-order valence-corrected chi connectivity index (χ1v) is 7.02. The number of rotatable bonds is 6. The summed E-state index contributed by atoms with van der Waals surface area (Å²) in [6.07, 6.45) is 0.698. The van der Waals surface area contributed by atoms with E-state index in [1.54, 1.807) is 6.92 Å². The van der Waals surface area contributed by atoms with E-state index in [-0.39, 0.29) is 29.0 Å². The molecule has 5 nitrogen and oxygen atoms in total. The number of nitrogens with zero attached hydrogens (tertiary/aromatic N) is 2. The molecule has 0 bridgehead atoms. The van der Waals surface area contributed by atoms with Crippen molar-refractivity contribution < 1.29 is 14.3 Å². The average molecular weight is 319 g/mol. The fourth-order valence-electron chi connectivity index (χ4n) is 1.60. The van der Waals surface area contributed by atoms with Crippen molar-refractivity contribution >= 4 is 35.1 Å². The topological polar surface area (TPSA) is 59.5 Å². The number of carbonyl (C=O) groups is 2. The molecule has 0 unspecified atom stereocenters. The van der Waals surface area contributed by atoms with E-state index >= 15 is 0 Å². The summed E-state index contributed by atoms with van der Waals surface area (Å²) in [5.74, 6) is -0.903. The summed E-state index contributed by atoms with van der Waals surface area (Å²) < 4.78 is 4.85. The molecule has 1 heterocycles. The van der Waals surface area contributed by atoms with Crippen LogP contribution in [0.5, 0.6) is 0 Å². The third-order valence-corrected chi connectivity index (χ3v) is 2.94. The van der Waals surface area contributed by atoms with Crippen LogP contribution in [0.3, 0.4) is 0 Å². The van der Waals surface area contributed by atoms with Crippen molar-refractivity contribution in [2.24, 2.45) is 0 Å². The normalized spacial score (nSPS) is 10.2. The van der Waals surface area contributed by atoms with Gasteiger partial charge in [-0.2, -0.15) is 0 Å². The minimum absolute atomic E-state index is 0.0388. The van der Waals surface area contributed by atoms with Gasteiger partial charge < -0.3 is 9.64 Å². The highest BCUT2D eigenvalue weighted by molar-refractivity contribution is 6.34. The standard InChI is InChI=1S/C13H16Cl2N2O3/c1-3-7-17(8-11(18)20-4-2)13(19)12-9(14)5-6-10(15)16-12/h5-6H,3-4,7-8H2,1-2H3. The first kappa shape index (κ1) is 16.7. The van der Waals surface area contributed by atoms with Crippen LogP contribution in [-0.2, 0) is 9.53 Å². The van der Waals surface area contributed by atoms with Crippen molar-refractivity contribution in [3.05, 3.63) is 28.0 Å². The highest BCUT2D eigenvalue weighted by atomic mass is 35.5. The predicted octanol–water partition coefficient (Wildman–Crippen LogP) is 2.80. The van der Waals surface area contributed by atoms with Crippen molar-refractivity contribution in [2.75, 3.05) is 19.7 Å². The van der Waals surface area contributed by atoms with Gasteiger partial charge in [-0.15, -0.1) is 0 Å². The third-order valence-electron chi connectivity index (χ3n) is 2.42. The number of halogens is 2. The molecule has 1 aromatic rings. The highest BCUT2D eigenvalue weighted by Gasteiger charge is 2.22. The first-order chi connectivity index (χ1) is 9.49. The second-order valence-electron chi connectivity index (χ2n) is 4.00. The van der Waals surface area contributed by atoms with Gasteiger partial charge in [-0.05, 0) is 25.5 Å². The van der Waals surface area contributed by atoms with Gasteiger partial charge in [-0.25, -0.2) is 4.98 Å². The van der Waals surface area contributed by atoms with E-state index in [0.717, 1.165) is 0 Å². The molecule has 1 aromatic heterocycles. The Kier molecular flexibility index (Phi) is 6.75. The van der Waals surface area contributed by atoms with E-state index in [1.165, 1.54) is 17.0 Å². The largest absolute Gasteiger partial charge is 0.465 e. The van der Waals surface area contributed by atoms with E-state index < -0.39 is 11.9 Å². The lowest BCUT2D eigenvalue weighted by Gasteiger charge is -2.21. The summed E-state index contributed by atoms with van der Waals surface area (Å²) >= 11 is 11.7. The molecule has 0 fully saturated rings. The Morgan fingerprint density at radius 2 is 2.00 bits per heavy atom. The Bertz CT molecular complexity index is 495. The second kappa shape index (κ2) is 8.07. The minimum atomic E-state index is -0.465. The Morgan fingerprint density at radius 3 is 2.60 bits per heavy atom. The van der Waals surface area contributed by atoms with E-state index in [4.69, 9.17) is 27.9 Å². The molecule has 110 valence electrons. The molecule has 1 rings (SSSR count). The van der Waals surface area contributed by atoms with Gasteiger partial charge in [-0.3, -0.25) is 9.59 Å². The fraction of sp³-hybridized carbons (Fsp3) is 0.462. The maximum Gasteiger partial charge on any atom is 0.325 e. The van der Waals surface area contributed by atoms with Crippen molar-refractivity contribution in [1.82, 2.24) is 9.88 Å². The molecule has 0 atom stereocenters. The monoisotopic (exact) mass is 318 g/mol. The van der Waals surface area contributed by atoms with Crippen LogP contribution in [0, 0.1) is 0 Å². The van der Waals surface area contributed by atoms with Gasteiger partial charge in [0.15, 0.2) is 0 Å². The van der Waals surface area contributed by atoms with Gasteiger partial charge in [0.05, 0.1) is 11.6 Å². The van der Waals surface area contributed by atoms with Gasteiger partial charge in [0.2, 0.25) is 0 Å². The van der Waals surface area contributed by atoms with E-state index in [0.29, 0.717) is 13.0 Å². The zero-order chi connectivity index (χ0) is 15.1. The van der Waals surface area contributed by atoms with Gasteiger partial charge in [0, 0.05) is 6.54 Å². The second-order valence-corrected chi connectivity index (χ2v) is 4.79. The van der Waals surface area contributed by atoms with Crippen LogP contribution in [0.1, 0.15) is 30.8 Å². The summed E-state index contributed by atoms with van der Waals surface area (Å²) in [6.45, 7) is 4.15. The van der Waals surface area contributed by atoms with Crippen LogP contribution in [0.15, 0.2) is 12.1 Å². The van der Waals surface area contributed by atoms with Gasteiger partial charge in [0.25, 0.3) is 5.91 Å². The van der Waals surface area contributed by atoms with Crippen LogP contribution in [-0.4, -0.2) is 41.5 Å². The Morgan fingerprint density at radius 1 is 1.30 bits per heavy atom. The Labute approximate surface area is 127 Å². The fourth-order valence-corrected chi connectivity index (χ4v) is 1.94. The van der Waals surface area contributed by atoms with Gasteiger partial charge in [0.1, 0.15) is 17.4 Å². The Balaban J connectivity index is 2.93. The zero-order valence-electron chi connectivity index (χ0n) is 11.4. The number of pyridine rings is 1. The molecule has 0 radical (unpaired) electrons. The average Bonchev–Trinajstić information content (AvgIpc) is 2.40. The molecule has 7 heteroatoms. The number of amides is 1. The highest BCUT2D eigenvalue weighted by Crippen LogP contribution is 2.18. The summed E-state index contributed by atoms with van der Waals surface area (Å²) in [7, 11) is 0. The summed E-state index contributed by atoms with van der Waals surface area (Å²) in [4.78, 5) is 29.1. The molecule has 0 aliphatic heterocycles. The van der Waals surface area contributed by atoms with Crippen LogP contribution < -0.4 is 0 Å². The molecular formula is C13H16Cl2N2O3. The minimum Gasteiger partial charge on any atom is -0.465 e. The number of esters is 1. The van der Waals surface area contributed by atoms with Crippen molar-refractivity contribution in [3.63, 3.8) is 0 Å². The quantitative estimate of drug-likeness (QED) is 0.597. The van der Waals surface area contributed by atoms with Crippen molar-refractivity contribution in [3.8, 4) is 0 Å². The number of hydrogen-bond donors (Lipinski definition) is 0. The van der Waals surface area contributed by atoms with Crippen molar-refractivity contribution in [1.29, 1.82) is 0 Å². The smallest absolute Gasteiger partial charge is 0.325 e. The van der Waals surface area contributed by atoms with Gasteiger partial charge in [-0.1, -0.05) is 30.1 Å². The summed E-state index contributed by atoms with van der Waals surface area (Å²) in [5.41, 5.74) is 0.0388. The number of carbonyl (C=O) groups excluding carboxylic acids is 2. The molecule has 0 aromatic carbocycles. The molecule has 20 heavy (non-hydrogen) atoms. The van der Waals surface area contributed by atoms with Crippen molar-refractivity contribution in [2.45, 2.75) is 20.3 Å². The van der Waals surface area contributed by atoms with E-state index in [2.05, 4.69) is 4.98 Å². The molecule has 0 spiro atoms. The SMILES string of the molecule is CCCN(CC(=O)OCC)C(=O)c1nc(Cl)ccc1Cl. The van der Waals surface area contributed by atoms with E-state index in [9.17, 15) is 9.59 Å². The molecule has 1 amide bonds. The lowest BCUT2D eigenvalue weighted by molar-refractivity contribution is -0.143. The summed E-state index contributed by atoms with van der Waals surface area (Å²) in [5, 5.41) is 0.370. The molecule has 0 saturated carbocycles. The lowest BCUT2D eigenvalue weighted by Crippen LogP contribution is -2.37. The number of hydrogen-bond acceptors (Lipinski definition) is 4. The predicted molar refractivity (Wildman–Crippen MR) is 77.1 cm³/mol. The number of ether oxygens (including phenoxy) is 1. The van der Waals surface area contributed by atoms with Crippen LogP contribution in [0.25, 0.3) is 0 Å². The molecule has 0 saturated heterocycles. The molecule has 0 N–H and O–H groups in total. The molecule has 0 aliphatic rings. The Hall–Kier alpha value is -1.33. The number of aromatic nitrogens is 1. The third kappa shape index (κ3) is 4.65. The zero-order valence-corrected chi connectivity index (χ0v) is 12.9. The van der Waals surface area contributed by atoms with Crippen LogP contribution in [0.2, 0.25) is 10.2 Å². The van der Waals surface area contributed by atoms with Crippen LogP contribution >= 0.6 is 23.2 Å². The lowest BCUT2D eigenvalue weighted by atomic mass is 10.3. The first-order valence-electron chi connectivity index (χ1n) is 6.26. The maximum atomic E-state index is 12.4. The van der Waals surface area contributed by atoms with Gasteiger partial charge >= 0.3 is 5.97 Å². The molecular weight excluding hydrogens is 303 g/mol.